The van der Waals surface area contributed by atoms with Gasteiger partial charge in [-0.05, 0) is 29.3 Å². The van der Waals surface area contributed by atoms with Crippen molar-refractivity contribution in [3.05, 3.63) is 75.9 Å². The molecule has 9 nitrogen and oxygen atoms in total. The Morgan fingerprint density at radius 3 is 2.38 bits per heavy atom. The van der Waals surface area contributed by atoms with Crippen molar-refractivity contribution in [3.63, 3.8) is 0 Å². The van der Waals surface area contributed by atoms with Crippen molar-refractivity contribution in [2.75, 3.05) is 7.11 Å². The minimum Gasteiger partial charge on any atom is -0.497 e. The number of carbonyl (C=O) groups excluding carboxylic acids is 3. The first-order valence-corrected chi connectivity index (χ1v) is 10.4. The number of nitrogens with one attached hydrogen (secondary N) is 2. The molecule has 0 radical (unpaired) electrons. The van der Waals surface area contributed by atoms with Crippen molar-refractivity contribution in [2.24, 2.45) is 5.73 Å². The first-order chi connectivity index (χ1) is 16.2. The lowest BCUT2D eigenvalue weighted by atomic mass is 10.0. The topological polar surface area (TPSA) is 141 Å². The Balaban J connectivity index is 1.87. The number of ether oxygens (including phenoxy) is 1. The molecule has 0 saturated carbocycles. The number of amides is 3. The minimum absolute atomic E-state index is 0.109. The summed E-state index contributed by atoms with van der Waals surface area (Å²) in [4.78, 5) is 48.8. The predicted molar refractivity (Wildman–Crippen MR) is 122 cm³/mol. The van der Waals surface area contributed by atoms with E-state index in [4.69, 9.17) is 14.9 Å². The first kappa shape index (κ1) is 24.4. The highest BCUT2D eigenvalue weighted by atomic mass is 19.1. The largest absolute Gasteiger partial charge is 0.497 e. The number of halogens is 1. The Morgan fingerprint density at radius 2 is 1.74 bits per heavy atom. The van der Waals surface area contributed by atoms with Crippen LogP contribution in [0.2, 0.25) is 0 Å². The predicted octanol–water partition coefficient (Wildman–Crippen LogP) is 1.20. The maximum absolute atomic E-state index is 14.1. The fraction of sp³-hybridized carbons (Fsp3) is 0.250. The zero-order chi connectivity index (χ0) is 24.8. The Bertz CT molecular complexity index is 1290. The molecule has 0 aliphatic heterocycles. The van der Waals surface area contributed by atoms with E-state index in [2.05, 4.69) is 10.6 Å². The number of primary amides is 1. The van der Waals surface area contributed by atoms with Crippen LogP contribution in [0, 0.1) is 5.82 Å². The van der Waals surface area contributed by atoms with Crippen LogP contribution in [0.25, 0.3) is 11.0 Å². The second-order valence-electron chi connectivity index (χ2n) is 7.67. The standard InChI is InChI=1S/C24H24FN3O6/c1-13(29)27-20(9-14-5-3-4-6-18(14)25)24(32)28-19(23(26)31)10-15-11-22(30)34-21-12-16(33-2)7-8-17(15)21/h3-8,11-12,19-20H,9-10H2,1-2H3,(H2,26,31)(H,27,29)(H,28,32)/t19-,20-/m1/s1. The number of rotatable bonds is 9. The van der Waals surface area contributed by atoms with E-state index in [1.165, 1.54) is 44.4 Å². The van der Waals surface area contributed by atoms with Crippen LogP contribution in [0.5, 0.6) is 5.75 Å². The summed E-state index contributed by atoms with van der Waals surface area (Å²) in [7, 11) is 1.47. The number of benzene rings is 2. The molecule has 1 heterocycles. The smallest absolute Gasteiger partial charge is 0.336 e. The first-order valence-electron chi connectivity index (χ1n) is 10.4. The van der Waals surface area contributed by atoms with Crippen molar-refractivity contribution < 1.29 is 27.9 Å². The van der Waals surface area contributed by atoms with E-state index in [0.29, 0.717) is 16.7 Å². The Labute approximate surface area is 194 Å². The highest BCUT2D eigenvalue weighted by Crippen LogP contribution is 2.23. The summed E-state index contributed by atoms with van der Waals surface area (Å²) in [6.45, 7) is 1.22. The minimum atomic E-state index is -1.21. The van der Waals surface area contributed by atoms with Crippen LogP contribution in [0.15, 0.2) is 57.7 Å². The number of carbonyl (C=O) groups is 3. The molecule has 3 aromatic rings. The molecule has 3 rings (SSSR count). The van der Waals surface area contributed by atoms with Gasteiger partial charge in [0.05, 0.1) is 7.11 Å². The summed E-state index contributed by atoms with van der Waals surface area (Å²) in [5.74, 6) is -2.14. The molecule has 34 heavy (non-hydrogen) atoms. The highest BCUT2D eigenvalue weighted by molar-refractivity contribution is 5.92. The lowest BCUT2D eigenvalue weighted by Gasteiger charge is -2.22. The van der Waals surface area contributed by atoms with Crippen molar-refractivity contribution in [3.8, 4) is 5.75 Å². The molecule has 2 atom stereocenters. The summed E-state index contributed by atoms with van der Waals surface area (Å²) < 4.78 is 24.4. The van der Waals surface area contributed by atoms with E-state index in [0.717, 1.165) is 0 Å². The number of fused-ring (bicyclic) bond motifs is 1. The quantitative estimate of drug-likeness (QED) is 0.402. The molecule has 0 aliphatic rings. The van der Waals surface area contributed by atoms with Crippen LogP contribution in [0.4, 0.5) is 4.39 Å². The fourth-order valence-electron chi connectivity index (χ4n) is 3.56. The van der Waals surface area contributed by atoms with Crippen LogP contribution >= 0.6 is 0 Å². The summed E-state index contributed by atoms with van der Waals surface area (Å²) in [6, 6.07) is 9.53. The van der Waals surface area contributed by atoms with Crippen LogP contribution in [0.3, 0.4) is 0 Å². The van der Waals surface area contributed by atoms with Crippen molar-refractivity contribution >= 4 is 28.7 Å². The molecule has 0 unspecified atom stereocenters. The highest BCUT2D eigenvalue weighted by Gasteiger charge is 2.27. The van der Waals surface area contributed by atoms with Gasteiger partial charge in [-0.1, -0.05) is 18.2 Å². The third-order valence-electron chi connectivity index (χ3n) is 5.20. The van der Waals surface area contributed by atoms with Gasteiger partial charge in [0.15, 0.2) is 0 Å². The zero-order valence-corrected chi connectivity index (χ0v) is 18.6. The molecule has 0 spiro atoms. The molecule has 0 aliphatic carbocycles. The Morgan fingerprint density at radius 1 is 1.03 bits per heavy atom. The summed E-state index contributed by atoms with van der Waals surface area (Å²) in [5.41, 5.74) is 5.74. The number of methoxy groups -OCH3 is 1. The van der Waals surface area contributed by atoms with Gasteiger partial charge in [-0.15, -0.1) is 0 Å². The normalized spacial score (nSPS) is 12.6. The molecule has 178 valence electrons. The molecule has 0 fully saturated rings. The molecule has 0 saturated heterocycles. The van der Waals surface area contributed by atoms with E-state index in [9.17, 15) is 23.6 Å². The fourth-order valence-corrected chi connectivity index (χ4v) is 3.56. The number of hydrogen-bond acceptors (Lipinski definition) is 6. The summed E-state index contributed by atoms with van der Waals surface area (Å²) >= 11 is 0. The van der Waals surface area contributed by atoms with Crippen molar-refractivity contribution in [1.29, 1.82) is 0 Å². The SMILES string of the molecule is COc1ccc2c(C[C@@H](NC(=O)[C@@H](Cc3ccccc3F)NC(C)=O)C(N)=O)cc(=O)oc2c1. The number of hydrogen-bond donors (Lipinski definition) is 3. The van der Waals surface area contributed by atoms with E-state index in [-0.39, 0.29) is 24.0 Å². The van der Waals surface area contributed by atoms with Gasteiger partial charge in [-0.25, -0.2) is 9.18 Å². The van der Waals surface area contributed by atoms with Gasteiger partial charge in [0, 0.05) is 37.3 Å². The van der Waals surface area contributed by atoms with Crippen LogP contribution in [-0.4, -0.2) is 36.9 Å². The van der Waals surface area contributed by atoms with Gasteiger partial charge in [-0.2, -0.15) is 0 Å². The Kier molecular flexibility index (Phi) is 7.62. The van der Waals surface area contributed by atoms with Gasteiger partial charge >= 0.3 is 5.63 Å². The van der Waals surface area contributed by atoms with Gasteiger partial charge in [-0.3, -0.25) is 14.4 Å². The molecule has 1 aromatic heterocycles. The zero-order valence-electron chi connectivity index (χ0n) is 18.6. The summed E-state index contributed by atoms with van der Waals surface area (Å²) in [6.07, 6.45) is -0.247. The van der Waals surface area contributed by atoms with Gasteiger partial charge < -0.3 is 25.5 Å². The van der Waals surface area contributed by atoms with E-state index in [1.54, 1.807) is 18.2 Å². The van der Waals surface area contributed by atoms with Crippen LogP contribution in [-0.2, 0) is 27.2 Å². The van der Waals surface area contributed by atoms with Crippen molar-refractivity contribution in [2.45, 2.75) is 31.8 Å². The van der Waals surface area contributed by atoms with E-state index >= 15 is 0 Å². The molecule has 10 heteroatoms. The second-order valence-corrected chi connectivity index (χ2v) is 7.67. The third kappa shape index (κ3) is 5.97. The maximum Gasteiger partial charge on any atom is 0.336 e. The molecule has 4 N–H and O–H groups in total. The summed E-state index contributed by atoms with van der Waals surface area (Å²) in [5, 5.41) is 5.51. The molecule has 2 aromatic carbocycles. The van der Waals surface area contributed by atoms with Gasteiger partial charge in [0.2, 0.25) is 17.7 Å². The molecule has 0 bridgehead atoms. The molecular formula is C24H24FN3O6. The average Bonchev–Trinajstić information content (AvgIpc) is 2.78. The van der Waals surface area contributed by atoms with Crippen LogP contribution < -0.4 is 26.7 Å². The van der Waals surface area contributed by atoms with Crippen LogP contribution in [0.1, 0.15) is 18.1 Å². The van der Waals surface area contributed by atoms with E-state index in [1.807, 2.05) is 0 Å². The second kappa shape index (κ2) is 10.6. The monoisotopic (exact) mass is 469 g/mol. The Hall–Kier alpha value is -4.21. The third-order valence-corrected chi connectivity index (χ3v) is 5.20. The lowest BCUT2D eigenvalue weighted by Crippen LogP contribution is -2.54. The average molecular weight is 469 g/mol. The molecular weight excluding hydrogens is 445 g/mol. The lowest BCUT2D eigenvalue weighted by molar-refractivity contribution is -0.130. The molecule has 3 amide bonds. The van der Waals surface area contributed by atoms with E-state index < -0.39 is 41.2 Å². The van der Waals surface area contributed by atoms with Gasteiger partial charge in [0.1, 0.15) is 29.2 Å². The van der Waals surface area contributed by atoms with Gasteiger partial charge in [0.25, 0.3) is 0 Å². The van der Waals surface area contributed by atoms with Crippen molar-refractivity contribution in [1.82, 2.24) is 10.6 Å². The number of nitrogens with two attached hydrogens (primary N) is 1. The maximum atomic E-state index is 14.1.